The summed E-state index contributed by atoms with van der Waals surface area (Å²) in [7, 11) is 1.58. The Morgan fingerprint density at radius 1 is 1.33 bits per heavy atom. The second kappa shape index (κ2) is 8.80. The zero-order valence-electron chi connectivity index (χ0n) is 12.0. The van der Waals surface area contributed by atoms with Crippen molar-refractivity contribution in [2.45, 2.75) is 13.0 Å². The minimum Gasteiger partial charge on any atom is -0.497 e. The van der Waals surface area contributed by atoms with Crippen LogP contribution >= 0.6 is 12.2 Å². The molecule has 114 valence electrons. The third-order valence-electron chi connectivity index (χ3n) is 2.45. The summed E-state index contributed by atoms with van der Waals surface area (Å²) in [6, 6.07) is 6.97. The number of benzene rings is 1. The number of nitrogens with one attached hydrogen (secondary N) is 3. The van der Waals surface area contributed by atoms with Crippen LogP contribution in [0.5, 0.6) is 11.5 Å². The first-order valence-corrected chi connectivity index (χ1v) is 6.73. The van der Waals surface area contributed by atoms with Gasteiger partial charge in [-0.15, -0.1) is 6.58 Å². The first-order chi connectivity index (χ1) is 10.1. The Bertz CT molecular complexity index is 491. The molecule has 0 radical (unpaired) electrons. The van der Waals surface area contributed by atoms with E-state index in [0.29, 0.717) is 17.4 Å². The molecule has 0 fully saturated rings. The summed E-state index contributed by atoms with van der Waals surface area (Å²) in [4.78, 5) is 11.8. The Morgan fingerprint density at radius 2 is 1.95 bits per heavy atom. The summed E-state index contributed by atoms with van der Waals surface area (Å²) < 4.78 is 10.5. The lowest BCUT2D eigenvalue weighted by Crippen LogP contribution is -2.50. The zero-order valence-corrected chi connectivity index (χ0v) is 12.8. The topological polar surface area (TPSA) is 71.6 Å². The lowest BCUT2D eigenvalue weighted by atomic mass is 10.3. The Hall–Kier alpha value is -2.28. The summed E-state index contributed by atoms with van der Waals surface area (Å²) in [5.74, 6) is 0.958. The number of methoxy groups -OCH3 is 1. The van der Waals surface area contributed by atoms with Crippen LogP contribution in [0.3, 0.4) is 0 Å². The molecule has 1 amide bonds. The highest BCUT2D eigenvalue weighted by Crippen LogP contribution is 2.18. The SMILES string of the molecule is C=CCNC(=S)NNC(=O)[C@@H](C)Oc1ccc(OC)cc1. The molecule has 1 rings (SSSR count). The molecule has 0 aliphatic carbocycles. The Morgan fingerprint density at radius 3 is 2.52 bits per heavy atom. The molecule has 0 heterocycles. The molecule has 0 spiro atoms. The van der Waals surface area contributed by atoms with Crippen LogP contribution < -0.4 is 25.6 Å². The van der Waals surface area contributed by atoms with Gasteiger partial charge in [-0.3, -0.25) is 15.6 Å². The normalized spacial score (nSPS) is 11.0. The fourth-order valence-electron chi connectivity index (χ4n) is 1.34. The maximum absolute atomic E-state index is 11.8. The highest BCUT2D eigenvalue weighted by Gasteiger charge is 2.14. The van der Waals surface area contributed by atoms with Gasteiger partial charge in [0.15, 0.2) is 11.2 Å². The summed E-state index contributed by atoms with van der Waals surface area (Å²) in [6.45, 7) is 5.70. The van der Waals surface area contributed by atoms with Gasteiger partial charge < -0.3 is 14.8 Å². The molecule has 0 saturated heterocycles. The number of hydrazine groups is 1. The van der Waals surface area contributed by atoms with Crippen LogP contribution in [-0.2, 0) is 4.79 Å². The van der Waals surface area contributed by atoms with Crippen molar-refractivity contribution in [1.29, 1.82) is 0 Å². The second-order valence-corrected chi connectivity index (χ2v) is 4.46. The number of carbonyl (C=O) groups is 1. The van der Waals surface area contributed by atoms with E-state index in [1.807, 2.05) is 0 Å². The van der Waals surface area contributed by atoms with Crippen LogP contribution in [0, 0.1) is 0 Å². The predicted octanol–water partition coefficient (Wildman–Crippen LogP) is 1.14. The van der Waals surface area contributed by atoms with E-state index in [4.69, 9.17) is 21.7 Å². The number of rotatable bonds is 6. The van der Waals surface area contributed by atoms with Crippen molar-refractivity contribution in [1.82, 2.24) is 16.2 Å². The molecule has 1 aromatic rings. The van der Waals surface area contributed by atoms with Crippen molar-refractivity contribution in [3.05, 3.63) is 36.9 Å². The molecule has 0 aromatic heterocycles. The van der Waals surface area contributed by atoms with Crippen molar-refractivity contribution >= 4 is 23.2 Å². The van der Waals surface area contributed by atoms with E-state index >= 15 is 0 Å². The highest BCUT2D eigenvalue weighted by atomic mass is 32.1. The summed E-state index contributed by atoms with van der Waals surface area (Å²) in [6.07, 6.45) is 0.985. The number of carbonyl (C=O) groups excluding carboxylic acids is 1. The van der Waals surface area contributed by atoms with E-state index in [1.54, 1.807) is 44.4 Å². The third-order valence-corrected chi connectivity index (χ3v) is 2.69. The van der Waals surface area contributed by atoms with E-state index < -0.39 is 6.10 Å². The Balaban J connectivity index is 2.39. The van der Waals surface area contributed by atoms with Gasteiger partial charge in [0, 0.05) is 6.54 Å². The van der Waals surface area contributed by atoms with Gasteiger partial charge in [0.2, 0.25) is 0 Å². The fraction of sp³-hybridized carbons (Fsp3) is 0.286. The standard InChI is InChI=1S/C14H19N3O3S/c1-4-9-15-14(21)17-16-13(18)10(2)20-12-7-5-11(19-3)6-8-12/h4-8,10H,1,9H2,2-3H3,(H,16,18)(H2,15,17,21)/t10-/m1/s1. The van der Waals surface area contributed by atoms with Gasteiger partial charge in [0.25, 0.3) is 5.91 Å². The van der Waals surface area contributed by atoms with Gasteiger partial charge in [-0.1, -0.05) is 6.08 Å². The van der Waals surface area contributed by atoms with E-state index in [0.717, 1.165) is 5.75 Å². The van der Waals surface area contributed by atoms with Crippen molar-refractivity contribution in [3.63, 3.8) is 0 Å². The summed E-state index contributed by atoms with van der Waals surface area (Å²) in [5, 5.41) is 3.13. The maximum atomic E-state index is 11.8. The minimum atomic E-state index is -0.673. The molecule has 0 aliphatic heterocycles. The van der Waals surface area contributed by atoms with E-state index in [2.05, 4.69) is 22.7 Å². The van der Waals surface area contributed by atoms with Crippen LogP contribution in [0.25, 0.3) is 0 Å². The molecule has 1 aromatic carbocycles. The van der Waals surface area contributed by atoms with E-state index in [-0.39, 0.29) is 5.91 Å². The first-order valence-electron chi connectivity index (χ1n) is 6.32. The molecule has 21 heavy (non-hydrogen) atoms. The molecule has 7 heteroatoms. The smallest absolute Gasteiger partial charge is 0.279 e. The number of ether oxygens (including phenoxy) is 2. The monoisotopic (exact) mass is 309 g/mol. The largest absolute Gasteiger partial charge is 0.497 e. The third kappa shape index (κ3) is 6.13. The first kappa shape index (κ1) is 16.8. The number of hydrogen-bond acceptors (Lipinski definition) is 4. The average molecular weight is 309 g/mol. The number of hydrogen-bond donors (Lipinski definition) is 3. The Kier molecular flexibility index (Phi) is 7.03. The van der Waals surface area contributed by atoms with Gasteiger partial charge in [-0.2, -0.15) is 0 Å². The zero-order chi connectivity index (χ0) is 15.7. The van der Waals surface area contributed by atoms with Crippen molar-refractivity contribution < 1.29 is 14.3 Å². The molecule has 0 unspecified atom stereocenters. The van der Waals surface area contributed by atoms with Gasteiger partial charge in [0.1, 0.15) is 11.5 Å². The van der Waals surface area contributed by atoms with Gasteiger partial charge in [-0.25, -0.2) is 0 Å². The average Bonchev–Trinajstić information content (AvgIpc) is 2.51. The van der Waals surface area contributed by atoms with Crippen LogP contribution in [0.15, 0.2) is 36.9 Å². The molecule has 6 nitrogen and oxygen atoms in total. The van der Waals surface area contributed by atoms with Crippen molar-refractivity contribution in [3.8, 4) is 11.5 Å². The minimum absolute atomic E-state index is 0.305. The molecule has 0 saturated carbocycles. The van der Waals surface area contributed by atoms with E-state index in [1.165, 1.54) is 0 Å². The lowest BCUT2D eigenvalue weighted by Gasteiger charge is -2.16. The molecular formula is C14H19N3O3S. The fourth-order valence-corrected chi connectivity index (χ4v) is 1.48. The van der Waals surface area contributed by atoms with E-state index in [9.17, 15) is 4.79 Å². The molecule has 1 atom stereocenters. The Labute approximate surface area is 129 Å². The van der Waals surface area contributed by atoms with Crippen molar-refractivity contribution in [2.75, 3.05) is 13.7 Å². The molecule has 0 aliphatic rings. The number of thiocarbonyl (C=S) groups is 1. The molecule has 0 bridgehead atoms. The predicted molar refractivity (Wildman–Crippen MR) is 85.2 cm³/mol. The van der Waals surface area contributed by atoms with Crippen LogP contribution in [0.2, 0.25) is 0 Å². The lowest BCUT2D eigenvalue weighted by molar-refractivity contribution is -0.127. The quantitative estimate of drug-likeness (QED) is 0.416. The molecule has 3 N–H and O–H groups in total. The maximum Gasteiger partial charge on any atom is 0.279 e. The van der Waals surface area contributed by atoms with Crippen LogP contribution in [-0.4, -0.2) is 30.8 Å². The van der Waals surface area contributed by atoms with Gasteiger partial charge in [-0.05, 0) is 43.4 Å². The van der Waals surface area contributed by atoms with Crippen LogP contribution in [0.4, 0.5) is 0 Å². The summed E-state index contributed by atoms with van der Waals surface area (Å²) in [5.41, 5.74) is 5.03. The second-order valence-electron chi connectivity index (χ2n) is 4.05. The summed E-state index contributed by atoms with van der Waals surface area (Å²) >= 11 is 4.94. The highest BCUT2D eigenvalue weighted by molar-refractivity contribution is 7.80. The number of amides is 1. The molecular weight excluding hydrogens is 290 g/mol. The van der Waals surface area contributed by atoms with Crippen molar-refractivity contribution in [2.24, 2.45) is 0 Å². The van der Waals surface area contributed by atoms with Crippen LogP contribution in [0.1, 0.15) is 6.92 Å². The van der Waals surface area contributed by atoms with Gasteiger partial charge >= 0.3 is 0 Å². The van der Waals surface area contributed by atoms with Gasteiger partial charge in [0.05, 0.1) is 7.11 Å².